The predicted molar refractivity (Wildman–Crippen MR) is 118 cm³/mol. The summed E-state index contributed by atoms with van der Waals surface area (Å²) < 4.78 is 27.2. The second-order valence-corrected chi connectivity index (χ2v) is 9.10. The van der Waals surface area contributed by atoms with Crippen LogP contribution < -0.4 is 23.7 Å². The van der Waals surface area contributed by atoms with Gasteiger partial charge in [-0.25, -0.2) is 4.79 Å². The number of hydrogen-bond acceptors (Lipinski definition) is 8. The fraction of sp³-hybridized carbons (Fsp3) is 0.381. The number of hydrogen-bond donors (Lipinski definition) is 1. The van der Waals surface area contributed by atoms with Crippen LogP contribution in [-0.4, -0.2) is 52.4 Å². The third kappa shape index (κ3) is 4.22. The molecule has 1 aliphatic heterocycles. The van der Waals surface area contributed by atoms with Crippen molar-refractivity contribution in [2.45, 2.75) is 9.83 Å². The monoisotopic (exact) mass is 452 g/mol. The number of thioether (sulfide) groups is 2. The Labute approximate surface area is 184 Å². The van der Waals surface area contributed by atoms with E-state index in [2.05, 4.69) is 0 Å². The van der Waals surface area contributed by atoms with E-state index in [1.165, 1.54) is 14.2 Å². The molecule has 0 amide bonds. The van der Waals surface area contributed by atoms with Crippen molar-refractivity contribution < 1.29 is 33.6 Å². The number of aromatic carboxylic acids is 1. The highest BCUT2D eigenvalue weighted by Crippen LogP contribution is 2.58. The zero-order valence-corrected chi connectivity index (χ0v) is 19.0. The maximum Gasteiger partial charge on any atom is 0.343 e. The van der Waals surface area contributed by atoms with Crippen LogP contribution in [0.2, 0.25) is 0 Å². The van der Waals surface area contributed by atoms with E-state index in [0.717, 1.165) is 16.9 Å². The zero-order chi connectivity index (χ0) is 21.8. The van der Waals surface area contributed by atoms with Gasteiger partial charge in [-0.3, -0.25) is 0 Å². The molecule has 162 valence electrons. The molecular formula is C21H24O7S2. The Morgan fingerprint density at radius 1 is 0.833 bits per heavy atom. The average Bonchev–Trinajstić information content (AvgIpc) is 3.27. The summed E-state index contributed by atoms with van der Waals surface area (Å²) >= 11 is 3.57. The first kappa shape index (κ1) is 22.3. The van der Waals surface area contributed by atoms with Crippen molar-refractivity contribution in [1.82, 2.24) is 0 Å². The quantitative estimate of drug-likeness (QED) is 0.615. The van der Waals surface area contributed by atoms with E-state index in [1.54, 1.807) is 57.0 Å². The molecule has 2 atom stereocenters. The number of methoxy groups -OCH3 is 5. The van der Waals surface area contributed by atoms with Crippen molar-refractivity contribution in [3.63, 3.8) is 0 Å². The van der Waals surface area contributed by atoms with Crippen molar-refractivity contribution in [3.8, 4) is 28.7 Å². The molecule has 1 saturated heterocycles. The Hall–Kier alpha value is -2.39. The van der Waals surface area contributed by atoms with Crippen LogP contribution in [0.5, 0.6) is 28.7 Å². The molecule has 0 unspecified atom stereocenters. The van der Waals surface area contributed by atoms with Crippen LogP contribution >= 0.6 is 23.5 Å². The van der Waals surface area contributed by atoms with E-state index in [9.17, 15) is 9.90 Å². The lowest BCUT2D eigenvalue weighted by atomic mass is 10.1. The molecular weight excluding hydrogens is 428 g/mol. The normalized spacial score (nSPS) is 18.0. The average molecular weight is 453 g/mol. The molecule has 0 saturated carbocycles. The first-order valence-electron chi connectivity index (χ1n) is 9.03. The molecule has 30 heavy (non-hydrogen) atoms. The summed E-state index contributed by atoms with van der Waals surface area (Å²) in [5.74, 6) is 2.14. The summed E-state index contributed by atoms with van der Waals surface area (Å²) in [5.41, 5.74) is 2.05. The number of rotatable bonds is 8. The van der Waals surface area contributed by atoms with E-state index in [0.29, 0.717) is 28.7 Å². The summed E-state index contributed by atoms with van der Waals surface area (Å²) in [6.45, 7) is 0. The SMILES string of the molecule is COc1cc([C@H]2SC[C@H](c3cc(OC)c(C(=O)O)c(OC)c3)S2)cc(OC)c1OC. The first-order valence-corrected chi connectivity index (χ1v) is 11.0. The summed E-state index contributed by atoms with van der Waals surface area (Å²) in [6.07, 6.45) is 0. The van der Waals surface area contributed by atoms with Gasteiger partial charge in [0.25, 0.3) is 0 Å². The summed E-state index contributed by atoms with van der Waals surface area (Å²) in [4.78, 5) is 11.6. The molecule has 0 spiro atoms. The minimum absolute atomic E-state index is 0.0283. The lowest BCUT2D eigenvalue weighted by Crippen LogP contribution is -2.06. The molecule has 0 aliphatic carbocycles. The van der Waals surface area contributed by atoms with Crippen LogP contribution in [0, 0.1) is 0 Å². The minimum Gasteiger partial charge on any atom is -0.496 e. The van der Waals surface area contributed by atoms with Crippen LogP contribution in [0.3, 0.4) is 0 Å². The van der Waals surface area contributed by atoms with Gasteiger partial charge in [-0.05, 0) is 35.4 Å². The highest BCUT2D eigenvalue weighted by atomic mass is 32.2. The van der Waals surface area contributed by atoms with Crippen LogP contribution in [0.1, 0.15) is 31.3 Å². The number of carboxylic acids is 1. The molecule has 1 heterocycles. The van der Waals surface area contributed by atoms with Crippen molar-refractivity contribution in [3.05, 3.63) is 41.0 Å². The van der Waals surface area contributed by atoms with Gasteiger partial charge in [-0.15, -0.1) is 23.5 Å². The van der Waals surface area contributed by atoms with E-state index >= 15 is 0 Å². The van der Waals surface area contributed by atoms with Gasteiger partial charge in [-0.2, -0.15) is 0 Å². The fourth-order valence-electron chi connectivity index (χ4n) is 3.32. The van der Waals surface area contributed by atoms with Gasteiger partial charge < -0.3 is 28.8 Å². The Morgan fingerprint density at radius 3 is 1.77 bits per heavy atom. The van der Waals surface area contributed by atoms with Crippen molar-refractivity contribution in [2.75, 3.05) is 41.3 Å². The number of ether oxygens (including phenoxy) is 5. The summed E-state index contributed by atoms with van der Waals surface area (Å²) in [5, 5.41) is 9.64. The van der Waals surface area contributed by atoms with Gasteiger partial charge in [0.1, 0.15) is 17.1 Å². The topological polar surface area (TPSA) is 83.5 Å². The molecule has 3 rings (SSSR count). The lowest BCUT2D eigenvalue weighted by molar-refractivity contribution is 0.0689. The maximum atomic E-state index is 11.6. The van der Waals surface area contributed by atoms with Crippen LogP contribution in [0.25, 0.3) is 0 Å². The highest BCUT2D eigenvalue weighted by Gasteiger charge is 2.32. The molecule has 9 heteroatoms. The molecule has 1 N–H and O–H groups in total. The minimum atomic E-state index is -1.08. The number of carbonyl (C=O) groups is 1. The molecule has 0 radical (unpaired) electrons. The Bertz CT molecular complexity index is 882. The Morgan fingerprint density at radius 2 is 1.33 bits per heavy atom. The predicted octanol–water partition coefficient (Wildman–Crippen LogP) is 4.65. The van der Waals surface area contributed by atoms with Crippen LogP contribution in [-0.2, 0) is 0 Å². The lowest BCUT2D eigenvalue weighted by Gasteiger charge is -2.18. The second kappa shape index (κ2) is 9.61. The molecule has 2 aromatic carbocycles. The van der Waals surface area contributed by atoms with Gasteiger partial charge in [0.05, 0.1) is 40.1 Å². The van der Waals surface area contributed by atoms with E-state index in [-0.39, 0.29) is 15.4 Å². The number of carboxylic acid groups (broad SMARTS) is 1. The van der Waals surface area contributed by atoms with Crippen molar-refractivity contribution in [2.24, 2.45) is 0 Å². The Kier molecular flexibility index (Phi) is 7.14. The smallest absolute Gasteiger partial charge is 0.343 e. The van der Waals surface area contributed by atoms with Gasteiger partial charge in [-0.1, -0.05) is 0 Å². The number of benzene rings is 2. The zero-order valence-electron chi connectivity index (χ0n) is 17.4. The second-order valence-electron chi connectivity index (χ2n) is 6.35. The van der Waals surface area contributed by atoms with E-state index in [1.807, 2.05) is 12.1 Å². The third-order valence-corrected chi connectivity index (χ3v) is 8.10. The van der Waals surface area contributed by atoms with Crippen molar-refractivity contribution in [1.29, 1.82) is 0 Å². The molecule has 0 aromatic heterocycles. The van der Waals surface area contributed by atoms with Gasteiger partial charge in [0.15, 0.2) is 11.5 Å². The van der Waals surface area contributed by atoms with Crippen LogP contribution in [0.4, 0.5) is 0 Å². The molecule has 1 aliphatic rings. The first-order chi connectivity index (χ1) is 14.5. The standard InChI is InChI=1S/C21H24O7S2/c1-24-13-6-11(7-14(25-2)18(13)20(22)23)17-10-29-21(30-17)12-8-15(26-3)19(28-5)16(9-12)27-4/h6-9,17,21H,10H2,1-5H3,(H,22,23)/t17-,21+/m1/s1. The Balaban J connectivity index is 1.91. The fourth-order valence-corrected chi connectivity index (χ4v) is 6.58. The summed E-state index contributed by atoms with van der Waals surface area (Å²) in [6, 6.07) is 7.48. The largest absolute Gasteiger partial charge is 0.496 e. The van der Waals surface area contributed by atoms with Crippen LogP contribution in [0.15, 0.2) is 24.3 Å². The molecule has 7 nitrogen and oxygen atoms in total. The van der Waals surface area contributed by atoms with E-state index in [4.69, 9.17) is 23.7 Å². The highest BCUT2D eigenvalue weighted by molar-refractivity contribution is 8.19. The molecule has 0 bridgehead atoms. The molecule has 1 fully saturated rings. The van der Waals surface area contributed by atoms with Crippen molar-refractivity contribution >= 4 is 29.5 Å². The van der Waals surface area contributed by atoms with Gasteiger partial charge >= 0.3 is 5.97 Å². The summed E-state index contributed by atoms with van der Waals surface area (Å²) in [7, 11) is 7.69. The molecule has 2 aromatic rings. The van der Waals surface area contributed by atoms with E-state index < -0.39 is 5.97 Å². The van der Waals surface area contributed by atoms with Gasteiger partial charge in [0.2, 0.25) is 5.75 Å². The third-order valence-electron chi connectivity index (χ3n) is 4.76. The maximum absolute atomic E-state index is 11.6. The van der Waals surface area contributed by atoms with Gasteiger partial charge in [0, 0.05) is 11.0 Å².